The molecule has 0 radical (unpaired) electrons. The van der Waals surface area contributed by atoms with Crippen LogP contribution >= 0.6 is 0 Å². The van der Waals surface area contributed by atoms with Gasteiger partial charge in [0.25, 0.3) is 0 Å². The molecule has 1 aliphatic carbocycles. The molecular weight excluding hydrogens is 234 g/mol. The molecule has 1 unspecified atom stereocenters. The fourth-order valence-electron chi connectivity index (χ4n) is 2.74. The predicted octanol–water partition coefficient (Wildman–Crippen LogP) is 4.38. The topological polar surface area (TPSA) is 20.2 Å². The molecule has 1 aliphatic rings. The van der Waals surface area contributed by atoms with Crippen LogP contribution in [0.3, 0.4) is 0 Å². The van der Waals surface area contributed by atoms with Crippen molar-refractivity contribution in [2.45, 2.75) is 45.6 Å². The molecule has 102 valence electrons. The maximum Gasteiger partial charge on any atom is 0.164 e. The van der Waals surface area contributed by atoms with Crippen LogP contribution in [-0.2, 0) is 0 Å². The summed E-state index contributed by atoms with van der Waals surface area (Å²) >= 11 is 0. The molecule has 0 heterocycles. The van der Waals surface area contributed by atoms with E-state index in [1.54, 1.807) is 0 Å². The molecule has 1 aromatic carbocycles. The molecule has 1 aromatic rings. The SMILES string of the molecule is Cc1ccc(C(O)C2CCC(C)CC2)c(F)c1F.[HH]. The molecule has 1 fully saturated rings. The number of halogens is 2. The van der Waals surface area contributed by atoms with E-state index in [0.717, 1.165) is 25.7 Å². The maximum absolute atomic E-state index is 13.8. The van der Waals surface area contributed by atoms with Gasteiger partial charge in [0.15, 0.2) is 11.6 Å². The molecule has 1 N–H and O–H groups in total. The van der Waals surface area contributed by atoms with Gasteiger partial charge < -0.3 is 5.11 Å². The summed E-state index contributed by atoms with van der Waals surface area (Å²) in [7, 11) is 0. The van der Waals surface area contributed by atoms with Crippen LogP contribution in [0, 0.1) is 30.4 Å². The Morgan fingerprint density at radius 3 is 2.39 bits per heavy atom. The zero-order valence-corrected chi connectivity index (χ0v) is 10.9. The summed E-state index contributed by atoms with van der Waals surface area (Å²) in [6, 6.07) is 3.04. The third-order valence-electron chi connectivity index (χ3n) is 4.13. The van der Waals surface area contributed by atoms with Gasteiger partial charge in [0.05, 0.1) is 6.10 Å². The molecule has 0 spiro atoms. The Morgan fingerprint density at radius 1 is 1.17 bits per heavy atom. The first-order valence-corrected chi connectivity index (χ1v) is 6.63. The van der Waals surface area contributed by atoms with Crippen LogP contribution in [0.4, 0.5) is 8.78 Å². The summed E-state index contributed by atoms with van der Waals surface area (Å²) in [4.78, 5) is 0. The summed E-state index contributed by atoms with van der Waals surface area (Å²) in [6.45, 7) is 3.71. The molecule has 0 saturated heterocycles. The van der Waals surface area contributed by atoms with E-state index in [1.165, 1.54) is 19.1 Å². The molecule has 3 heteroatoms. The maximum atomic E-state index is 13.8. The highest BCUT2D eigenvalue weighted by atomic mass is 19.2. The minimum atomic E-state index is -0.888. The van der Waals surface area contributed by atoms with Gasteiger partial charge in [-0.15, -0.1) is 0 Å². The van der Waals surface area contributed by atoms with Crippen molar-refractivity contribution in [1.29, 1.82) is 0 Å². The third-order valence-corrected chi connectivity index (χ3v) is 4.13. The highest BCUT2D eigenvalue weighted by Crippen LogP contribution is 2.37. The van der Waals surface area contributed by atoms with E-state index in [-0.39, 0.29) is 18.5 Å². The van der Waals surface area contributed by atoms with E-state index in [9.17, 15) is 13.9 Å². The number of aryl methyl sites for hydroxylation is 1. The van der Waals surface area contributed by atoms with E-state index >= 15 is 0 Å². The zero-order valence-electron chi connectivity index (χ0n) is 10.9. The quantitative estimate of drug-likeness (QED) is 0.832. The van der Waals surface area contributed by atoms with Gasteiger partial charge in [-0.2, -0.15) is 0 Å². The van der Waals surface area contributed by atoms with Crippen LogP contribution in [0.2, 0.25) is 0 Å². The van der Waals surface area contributed by atoms with Crippen LogP contribution in [0.1, 0.15) is 51.3 Å². The number of hydrogen-bond donors (Lipinski definition) is 1. The summed E-state index contributed by atoms with van der Waals surface area (Å²) in [5, 5.41) is 10.2. The average molecular weight is 256 g/mol. The Morgan fingerprint density at radius 2 is 1.78 bits per heavy atom. The van der Waals surface area contributed by atoms with Crippen molar-refractivity contribution in [1.82, 2.24) is 0 Å². The van der Waals surface area contributed by atoms with Gasteiger partial charge in [0.2, 0.25) is 0 Å². The van der Waals surface area contributed by atoms with E-state index in [1.807, 2.05) is 0 Å². The summed E-state index contributed by atoms with van der Waals surface area (Å²) < 4.78 is 27.3. The van der Waals surface area contributed by atoms with Crippen LogP contribution in [0.15, 0.2) is 12.1 Å². The normalized spacial score (nSPS) is 26.1. The largest absolute Gasteiger partial charge is 0.388 e. The predicted molar refractivity (Wildman–Crippen MR) is 69.3 cm³/mol. The smallest absolute Gasteiger partial charge is 0.164 e. The Hall–Kier alpha value is -0.960. The molecule has 1 saturated carbocycles. The second kappa shape index (κ2) is 5.35. The van der Waals surface area contributed by atoms with Gasteiger partial charge in [0, 0.05) is 6.99 Å². The van der Waals surface area contributed by atoms with Gasteiger partial charge in [-0.05, 0) is 37.2 Å². The molecular formula is C15H22F2O. The van der Waals surface area contributed by atoms with Gasteiger partial charge in [-0.3, -0.25) is 0 Å². The van der Waals surface area contributed by atoms with Crippen LogP contribution in [0.25, 0.3) is 0 Å². The number of aliphatic hydroxyl groups is 1. The second-order valence-electron chi connectivity index (χ2n) is 5.56. The van der Waals surface area contributed by atoms with Crippen molar-refractivity contribution in [3.05, 3.63) is 34.9 Å². The van der Waals surface area contributed by atoms with Crippen molar-refractivity contribution in [2.75, 3.05) is 0 Å². The first kappa shape index (κ1) is 13.5. The Labute approximate surface area is 108 Å². The van der Waals surface area contributed by atoms with Crippen molar-refractivity contribution in [2.24, 2.45) is 11.8 Å². The summed E-state index contributed by atoms with van der Waals surface area (Å²) in [5.41, 5.74) is 0.387. The lowest BCUT2D eigenvalue weighted by atomic mass is 9.78. The van der Waals surface area contributed by atoms with Crippen molar-refractivity contribution in [3.8, 4) is 0 Å². The number of benzene rings is 1. The monoisotopic (exact) mass is 256 g/mol. The molecule has 18 heavy (non-hydrogen) atoms. The molecule has 1 atom stereocenters. The third kappa shape index (κ3) is 2.56. The van der Waals surface area contributed by atoms with Gasteiger partial charge >= 0.3 is 0 Å². The van der Waals surface area contributed by atoms with Crippen LogP contribution in [-0.4, -0.2) is 5.11 Å². The van der Waals surface area contributed by atoms with Crippen molar-refractivity contribution >= 4 is 0 Å². The highest BCUT2D eigenvalue weighted by molar-refractivity contribution is 5.27. The number of hydrogen-bond acceptors (Lipinski definition) is 1. The average Bonchev–Trinajstić information content (AvgIpc) is 2.36. The molecule has 2 rings (SSSR count). The standard InChI is InChI=1S/C15H20F2O.H2/c1-9-3-6-11(7-4-9)15(18)12-8-5-10(2)13(16)14(12)17;/h5,8-9,11,15,18H,3-4,6-7H2,1-2H3;1H. The number of aliphatic hydroxyl groups excluding tert-OH is 1. The Bertz CT molecular complexity index is 428. The molecule has 0 aromatic heterocycles. The fraction of sp³-hybridized carbons (Fsp3) is 0.600. The minimum Gasteiger partial charge on any atom is -0.388 e. The zero-order chi connectivity index (χ0) is 13.3. The van der Waals surface area contributed by atoms with Gasteiger partial charge in [-0.1, -0.05) is 31.9 Å². The Balaban J connectivity index is 0.00000180. The second-order valence-corrected chi connectivity index (χ2v) is 5.56. The lowest BCUT2D eigenvalue weighted by Gasteiger charge is -2.30. The molecule has 0 aliphatic heterocycles. The lowest BCUT2D eigenvalue weighted by Crippen LogP contribution is -2.20. The number of rotatable bonds is 2. The van der Waals surface area contributed by atoms with Crippen molar-refractivity contribution < 1.29 is 15.3 Å². The fourth-order valence-corrected chi connectivity index (χ4v) is 2.74. The van der Waals surface area contributed by atoms with Gasteiger partial charge in [0.1, 0.15) is 0 Å². The van der Waals surface area contributed by atoms with Crippen LogP contribution in [0.5, 0.6) is 0 Å². The van der Waals surface area contributed by atoms with E-state index in [4.69, 9.17) is 0 Å². The van der Waals surface area contributed by atoms with Crippen molar-refractivity contribution in [3.63, 3.8) is 0 Å². The van der Waals surface area contributed by atoms with E-state index < -0.39 is 17.7 Å². The molecule has 1 nitrogen and oxygen atoms in total. The Kier molecular flexibility index (Phi) is 4.00. The van der Waals surface area contributed by atoms with Crippen LogP contribution < -0.4 is 0 Å². The van der Waals surface area contributed by atoms with E-state index in [0.29, 0.717) is 5.92 Å². The van der Waals surface area contributed by atoms with E-state index in [2.05, 4.69) is 6.92 Å². The van der Waals surface area contributed by atoms with Gasteiger partial charge in [-0.25, -0.2) is 8.78 Å². The summed E-state index contributed by atoms with van der Waals surface area (Å²) in [6.07, 6.45) is 3.00. The summed E-state index contributed by atoms with van der Waals surface area (Å²) in [5.74, 6) is -0.997. The first-order chi connectivity index (χ1) is 8.50. The molecule has 0 amide bonds. The first-order valence-electron chi connectivity index (χ1n) is 6.63. The highest BCUT2D eigenvalue weighted by Gasteiger charge is 2.28. The molecule has 0 bridgehead atoms. The lowest BCUT2D eigenvalue weighted by molar-refractivity contribution is 0.0720. The minimum absolute atomic E-state index is 0.